The Bertz CT molecular complexity index is 2780. The molecule has 2 saturated heterocycles. The molecule has 4 amide bonds. The molecule has 2 fully saturated rings. The van der Waals surface area contributed by atoms with Crippen molar-refractivity contribution in [1.29, 1.82) is 0 Å². The summed E-state index contributed by atoms with van der Waals surface area (Å²) in [6.45, 7) is 4.64. The molecule has 0 spiro atoms. The number of hydrogen-bond donors (Lipinski definition) is 4. The summed E-state index contributed by atoms with van der Waals surface area (Å²) in [4.78, 5) is 68.0. The van der Waals surface area contributed by atoms with Crippen LogP contribution in [0.4, 0.5) is 25.4 Å². The zero-order chi connectivity index (χ0) is 47.0. The SMILES string of the molecule is COC(=O)N[C@H](C(=O)N1CCC[C@H]1c1nc2ccc(CN(Cc3ccc(NC(=O)[C@@]4(C5c6ccccc6-c6ccccc65)CCCN4C(=O)OC)cc3)c3ccc(F)cc3)cc2[nH]1)C(C)(C)O. The highest BCUT2D eigenvalue weighted by atomic mass is 19.1. The van der Waals surface area contributed by atoms with E-state index in [0.717, 1.165) is 51.0 Å². The van der Waals surface area contributed by atoms with E-state index in [9.17, 15) is 28.7 Å². The van der Waals surface area contributed by atoms with Gasteiger partial charge in [0.1, 0.15) is 23.2 Å². The van der Waals surface area contributed by atoms with Gasteiger partial charge in [0, 0.05) is 43.5 Å². The van der Waals surface area contributed by atoms with Crippen LogP contribution in [0.15, 0.2) is 115 Å². The molecule has 0 unspecified atom stereocenters. The van der Waals surface area contributed by atoms with Gasteiger partial charge in [-0.2, -0.15) is 0 Å². The predicted octanol–water partition coefficient (Wildman–Crippen LogP) is 8.42. The van der Waals surface area contributed by atoms with Crippen molar-refractivity contribution in [3.8, 4) is 11.1 Å². The number of rotatable bonds is 12. The summed E-state index contributed by atoms with van der Waals surface area (Å²) in [5, 5.41) is 16.5. The Morgan fingerprint density at radius 1 is 0.866 bits per heavy atom. The topological polar surface area (TPSA) is 169 Å². The number of alkyl carbamates (subject to hydrolysis) is 1. The van der Waals surface area contributed by atoms with Crippen molar-refractivity contribution in [1.82, 2.24) is 25.1 Å². The minimum absolute atomic E-state index is 0.286. The number of amides is 4. The number of anilines is 2. The summed E-state index contributed by atoms with van der Waals surface area (Å²) in [6, 6.07) is 34.4. The average molecular weight is 908 g/mol. The molecular formula is C52H54FN7O7. The number of aromatic amines is 1. The molecule has 15 heteroatoms. The molecule has 346 valence electrons. The molecule has 3 atom stereocenters. The Kier molecular flexibility index (Phi) is 12.2. The summed E-state index contributed by atoms with van der Waals surface area (Å²) in [6.07, 6.45) is 1.09. The Balaban J connectivity index is 0.951. The van der Waals surface area contributed by atoms with Gasteiger partial charge in [-0.05, 0) is 121 Å². The van der Waals surface area contributed by atoms with Crippen LogP contribution in [0.2, 0.25) is 0 Å². The van der Waals surface area contributed by atoms with Gasteiger partial charge in [-0.1, -0.05) is 66.7 Å². The Hall–Kier alpha value is -7.26. The molecule has 3 aliphatic rings. The highest BCUT2D eigenvalue weighted by Crippen LogP contribution is 2.54. The van der Waals surface area contributed by atoms with Crippen LogP contribution in [0.5, 0.6) is 0 Å². The van der Waals surface area contributed by atoms with Crippen LogP contribution in [0.25, 0.3) is 22.2 Å². The number of methoxy groups -OCH3 is 2. The molecular weight excluding hydrogens is 854 g/mol. The molecule has 0 saturated carbocycles. The highest BCUT2D eigenvalue weighted by molar-refractivity contribution is 6.03. The van der Waals surface area contributed by atoms with E-state index < -0.39 is 47.2 Å². The summed E-state index contributed by atoms with van der Waals surface area (Å²) in [5.41, 5.74) is 6.05. The molecule has 67 heavy (non-hydrogen) atoms. The maximum absolute atomic E-state index is 14.9. The second-order valence-corrected chi connectivity index (χ2v) is 18.1. The van der Waals surface area contributed by atoms with Crippen LogP contribution >= 0.6 is 0 Å². The number of nitrogens with one attached hydrogen (secondary N) is 3. The number of likely N-dealkylation sites (tertiary alicyclic amines) is 2. The van der Waals surface area contributed by atoms with E-state index in [4.69, 9.17) is 14.5 Å². The van der Waals surface area contributed by atoms with E-state index in [1.165, 1.54) is 40.2 Å². The molecule has 14 nitrogen and oxygen atoms in total. The zero-order valence-electron chi connectivity index (χ0n) is 37.9. The zero-order valence-corrected chi connectivity index (χ0v) is 37.9. The smallest absolute Gasteiger partial charge is 0.410 e. The van der Waals surface area contributed by atoms with Crippen LogP contribution < -0.4 is 15.5 Å². The Morgan fingerprint density at radius 2 is 1.52 bits per heavy atom. The highest BCUT2D eigenvalue weighted by Gasteiger charge is 2.58. The fourth-order valence-electron chi connectivity index (χ4n) is 10.3. The molecule has 0 bridgehead atoms. The lowest BCUT2D eigenvalue weighted by Crippen LogP contribution is -2.59. The van der Waals surface area contributed by atoms with Gasteiger partial charge < -0.3 is 40.0 Å². The first-order valence-electron chi connectivity index (χ1n) is 22.6. The third-order valence-electron chi connectivity index (χ3n) is 13.5. The number of aliphatic hydroxyl groups is 1. The van der Waals surface area contributed by atoms with Crippen molar-refractivity contribution in [3.63, 3.8) is 0 Å². The summed E-state index contributed by atoms with van der Waals surface area (Å²) < 4.78 is 24.2. The molecule has 0 radical (unpaired) electrons. The summed E-state index contributed by atoms with van der Waals surface area (Å²) >= 11 is 0. The largest absolute Gasteiger partial charge is 0.453 e. The lowest BCUT2D eigenvalue weighted by atomic mass is 9.75. The quantitative estimate of drug-likeness (QED) is 0.0942. The first-order chi connectivity index (χ1) is 32.3. The maximum atomic E-state index is 14.9. The number of benzene rings is 5. The van der Waals surface area contributed by atoms with Gasteiger partial charge in [0.05, 0.1) is 36.9 Å². The molecule has 1 aromatic heterocycles. The van der Waals surface area contributed by atoms with E-state index in [1.54, 1.807) is 21.9 Å². The van der Waals surface area contributed by atoms with Crippen molar-refractivity contribution < 1.29 is 38.1 Å². The number of aromatic nitrogens is 2. The first kappa shape index (κ1) is 44.9. The molecule has 5 aromatic carbocycles. The van der Waals surface area contributed by atoms with Crippen LogP contribution in [0.1, 0.15) is 79.6 Å². The third-order valence-corrected chi connectivity index (χ3v) is 13.5. The summed E-state index contributed by atoms with van der Waals surface area (Å²) in [7, 11) is 2.55. The minimum atomic E-state index is -1.56. The number of nitrogens with zero attached hydrogens (tertiary/aromatic N) is 4. The third kappa shape index (κ3) is 8.55. The van der Waals surface area contributed by atoms with Crippen molar-refractivity contribution in [2.24, 2.45) is 0 Å². The van der Waals surface area contributed by atoms with Gasteiger partial charge in [-0.15, -0.1) is 0 Å². The maximum Gasteiger partial charge on any atom is 0.410 e. The number of carbonyl (C=O) groups excluding carboxylic acids is 4. The molecule has 1 aliphatic carbocycles. The monoisotopic (exact) mass is 907 g/mol. The second-order valence-electron chi connectivity index (χ2n) is 18.1. The van der Waals surface area contributed by atoms with Gasteiger partial charge in [-0.3, -0.25) is 14.5 Å². The van der Waals surface area contributed by atoms with Gasteiger partial charge in [0.15, 0.2) is 0 Å². The number of carbonyl (C=O) groups is 4. The van der Waals surface area contributed by atoms with E-state index in [0.29, 0.717) is 62.5 Å². The van der Waals surface area contributed by atoms with Gasteiger partial charge >= 0.3 is 12.2 Å². The normalized spacial score (nSPS) is 18.3. The number of H-pyrrole nitrogens is 1. The van der Waals surface area contributed by atoms with Crippen molar-refractivity contribution >= 4 is 46.4 Å². The lowest BCUT2D eigenvalue weighted by Gasteiger charge is -2.41. The molecule has 2 aliphatic heterocycles. The average Bonchev–Trinajstić information content (AvgIpc) is 4.15. The van der Waals surface area contributed by atoms with E-state index in [-0.39, 0.29) is 11.7 Å². The van der Waals surface area contributed by atoms with Crippen LogP contribution in [0.3, 0.4) is 0 Å². The fraction of sp³-hybridized carbons (Fsp3) is 0.327. The Labute approximate surface area is 388 Å². The molecule has 4 N–H and O–H groups in total. The van der Waals surface area contributed by atoms with E-state index >= 15 is 0 Å². The fourth-order valence-corrected chi connectivity index (χ4v) is 10.3. The summed E-state index contributed by atoms with van der Waals surface area (Å²) in [5.74, 6) is -0.876. The van der Waals surface area contributed by atoms with Crippen molar-refractivity contribution in [2.75, 3.05) is 37.5 Å². The standard InChI is InChI=1S/C52H54FN7O7/c1-51(2,65)45(57-49(63)66-3)47(61)59-27-9-15-43(59)46-55-41-25-18-33(29-42(41)56-46)31-58(36-23-19-34(53)20-24-36)30-32-16-21-35(22-17-32)54-48(62)52(26-10-28-60(52)50(64)67-4)44-39-13-7-5-11-37(39)38-12-6-8-14-40(38)44/h5-8,11-14,16-25,29,43-45,65H,9-10,15,26-28,30-31H2,1-4H3,(H,54,62)(H,55,56)(H,57,63)/t43-,45+,52-/m0/s1. The van der Waals surface area contributed by atoms with Crippen LogP contribution in [0, 0.1) is 5.82 Å². The predicted molar refractivity (Wildman–Crippen MR) is 252 cm³/mol. The van der Waals surface area contributed by atoms with Gasteiger partial charge in [0.2, 0.25) is 5.91 Å². The second kappa shape index (κ2) is 18.2. The Morgan fingerprint density at radius 3 is 2.18 bits per heavy atom. The first-order valence-corrected chi connectivity index (χ1v) is 22.6. The number of imidazole rings is 1. The number of ether oxygens (including phenoxy) is 2. The van der Waals surface area contributed by atoms with Crippen LogP contribution in [-0.2, 0) is 32.2 Å². The van der Waals surface area contributed by atoms with E-state index in [2.05, 4.69) is 32.7 Å². The molecule has 6 aromatic rings. The van der Waals surface area contributed by atoms with Crippen molar-refractivity contribution in [3.05, 3.63) is 149 Å². The van der Waals surface area contributed by atoms with Crippen LogP contribution in [-0.4, -0.2) is 93.4 Å². The number of hydrogen-bond acceptors (Lipinski definition) is 9. The minimum Gasteiger partial charge on any atom is -0.453 e. The molecule has 3 heterocycles. The number of halogens is 1. The van der Waals surface area contributed by atoms with Gasteiger partial charge in [-0.25, -0.2) is 19.0 Å². The molecule has 9 rings (SSSR count). The van der Waals surface area contributed by atoms with Gasteiger partial charge in [0.25, 0.3) is 5.91 Å². The lowest BCUT2D eigenvalue weighted by molar-refractivity contribution is -0.140. The van der Waals surface area contributed by atoms with Crippen molar-refractivity contribution in [2.45, 2.75) is 81.8 Å². The van der Waals surface area contributed by atoms with E-state index in [1.807, 2.05) is 78.9 Å². The number of fused-ring (bicyclic) bond motifs is 4.